The van der Waals surface area contributed by atoms with Crippen molar-refractivity contribution in [3.63, 3.8) is 0 Å². The van der Waals surface area contributed by atoms with Crippen LogP contribution in [0.4, 0.5) is 0 Å². The van der Waals surface area contributed by atoms with E-state index in [4.69, 9.17) is 9.47 Å². The fourth-order valence-electron chi connectivity index (χ4n) is 5.65. The summed E-state index contributed by atoms with van der Waals surface area (Å²) < 4.78 is 9.92. The Morgan fingerprint density at radius 2 is 1.55 bits per heavy atom. The standard InChI is InChI=1S/C29H27N3O8/c1-16-19(26(35)39-3)22(18-13-9-6-10-14-18)32-23(31(16)15-17-11-7-5-8-12-17)20-21(25(34)30(2)24(20)33)29(38,27(32)36)28(37)40-4/h5-14,21-22,38H,15H2,1-4H3/t21-,22-,29+/m1/s1. The first kappa shape index (κ1) is 26.8. The molecule has 2 aromatic carbocycles. The van der Waals surface area contributed by atoms with Gasteiger partial charge in [0.2, 0.25) is 5.91 Å². The molecule has 3 aliphatic heterocycles. The fraction of sp³-hybridized carbons (Fsp3) is 0.276. The summed E-state index contributed by atoms with van der Waals surface area (Å²) in [5.41, 5.74) is -1.68. The van der Waals surface area contributed by atoms with Gasteiger partial charge in [0.25, 0.3) is 17.4 Å². The lowest BCUT2D eigenvalue weighted by Crippen LogP contribution is -2.66. The molecule has 0 aromatic heterocycles. The number of carbonyl (C=O) groups is 5. The normalized spacial score (nSPS) is 24.3. The third-order valence-electron chi connectivity index (χ3n) is 7.62. The van der Waals surface area contributed by atoms with Gasteiger partial charge in [-0.15, -0.1) is 0 Å². The van der Waals surface area contributed by atoms with Gasteiger partial charge in [-0.2, -0.15) is 0 Å². The van der Waals surface area contributed by atoms with Crippen LogP contribution in [0.25, 0.3) is 0 Å². The topological polar surface area (TPSA) is 134 Å². The molecular weight excluding hydrogens is 518 g/mol. The maximum Gasteiger partial charge on any atom is 0.349 e. The van der Waals surface area contributed by atoms with Crippen molar-refractivity contribution >= 4 is 29.7 Å². The molecular formula is C29H27N3O8. The van der Waals surface area contributed by atoms with Crippen molar-refractivity contribution in [1.29, 1.82) is 0 Å². The van der Waals surface area contributed by atoms with Crippen molar-refractivity contribution < 1.29 is 38.6 Å². The van der Waals surface area contributed by atoms with Crippen LogP contribution in [0, 0.1) is 5.92 Å². The molecule has 0 bridgehead atoms. The number of benzene rings is 2. The van der Waals surface area contributed by atoms with Crippen molar-refractivity contribution in [2.24, 2.45) is 5.92 Å². The van der Waals surface area contributed by atoms with E-state index >= 15 is 0 Å². The Bertz CT molecular complexity index is 1500. The molecule has 11 heteroatoms. The molecule has 3 aliphatic rings. The van der Waals surface area contributed by atoms with E-state index in [9.17, 15) is 29.1 Å². The van der Waals surface area contributed by atoms with Crippen LogP contribution >= 0.6 is 0 Å². The third-order valence-corrected chi connectivity index (χ3v) is 7.62. The number of likely N-dealkylation sites (N-methyl/N-ethyl adjacent to an activating group) is 1. The number of fused-ring (bicyclic) bond motifs is 2. The number of methoxy groups -OCH3 is 2. The van der Waals surface area contributed by atoms with Crippen molar-refractivity contribution in [2.45, 2.75) is 25.1 Å². The molecule has 1 saturated heterocycles. The average Bonchev–Trinajstić information content (AvgIpc) is 3.20. The van der Waals surface area contributed by atoms with Crippen LogP contribution < -0.4 is 0 Å². The molecule has 0 radical (unpaired) electrons. The molecule has 11 nitrogen and oxygen atoms in total. The monoisotopic (exact) mass is 545 g/mol. The van der Waals surface area contributed by atoms with E-state index in [1.165, 1.54) is 14.2 Å². The molecule has 0 saturated carbocycles. The number of hydrogen-bond acceptors (Lipinski definition) is 9. The van der Waals surface area contributed by atoms with E-state index in [-0.39, 0.29) is 23.5 Å². The summed E-state index contributed by atoms with van der Waals surface area (Å²) in [5.74, 6) is -6.93. The quantitative estimate of drug-likeness (QED) is 0.335. The first-order valence-electron chi connectivity index (χ1n) is 12.5. The highest BCUT2D eigenvalue weighted by atomic mass is 16.5. The van der Waals surface area contributed by atoms with Gasteiger partial charge in [0, 0.05) is 19.3 Å². The number of hydrogen-bond donors (Lipinski definition) is 1. The van der Waals surface area contributed by atoms with Gasteiger partial charge in [0.1, 0.15) is 11.7 Å². The van der Waals surface area contributed by atoms with Crippen LogP contribution in [-0.4, -0.2) is 76.3 Å². The number of nitrogens with zero attached hydrogens (tertiary/aromatic N) is 3. The molecule has 1 N–H and O–H groups in total. The maximum atomic E-state index is 14.4. The zero-order chi connectivity index (χ0) is 28.9. The summed E-state index contributed by atoms with van der Waals surface area (Å²) in [6.07, 6.45) is 0. The van der Waals surface area contributed by atoms with Crippen molar-refractivity contribution in [3.05, 3.63) is 94.5 Å². The van der Waals surface area contributed by atoms with E-state index in [0.29, 0.717) is 11.3 Å². The molecule has 40 heavy (non-hydrogen) atoms. The summed E-state index contributed by atoms with van der Waals surface area (Å²) in [5, 5.41) is 11.8. The van der Waals surface area contributed by atoms with Gasteiger partial charge in [0.15, 0.2) is 0 Å². The van der Waals surface area contributed by atoms with Crippen molar-refractivity contribution in [2.75, 3.05) is 21.3 Å². The minimum absolute atomic E-state index is 0.00543. The molecule has 3 amide bonds. The van der Waals surface area contributed by atoms with Gasteiger partial charge in [-0.1, -0.05) is 60.7 Å². The minimum Gasteiger partial charge on any atom is -0.466 e. The average molecular weight is 546 g/mol. The smallest absolute Gasteiger partial charge is 0.349 e. The van der Waals surface area contributed by atoms with Gasteiger partial charge in [0.05, 0.1) is 31.4 Å². The number of likely N-dealkylation sites (tertiary alicyclic amines) is 1. The lowest BCUT2D eigenvalue weighted by atomic mass is 9.76. The lowest BCUT2D eigenvalue weighted by molar-refractivity contribution is -0.184. The number of imide groups is 1. The van der Waals surface area contributed by atoms with Gasteiger partial charge in [-0.3, -0.25) is 24.2 Å². The zero-order valence-corrected chi connectivity index (χ0v) is 22.3. The van der Waals surface area contributed by atoms with Crippen LogP contribution in [0.5, 0.6) is 0 Å². The van der Waals surface area contributed by atoms with Crippen LogP contribution in [0.1, 0.15) is 24.1 Å². The van der Waals surface area contributed by atoms with Crippen molar-refractivity contribution in [3.8, 4) is 0 Å². The number of amides is 3. The number of allylic oxidation sites excluding steroid dienone is 1. The molecule has 2 aromatic rings. The Balaban J connectivity index is 1.91. The summed E-state index contributed by atoms with van der Waals surface area (Å²) in [4.78, 5) is 71.2. The molecule has 206 valence electrons. The summed E-state index contributed by atoms with van der Waals surface area (Å²) in [7, 11) is 3.38. The minimum atomic E-state index is -3.07. The fourth-order valence-corrected chi connectivity index (χ4v) is 5.65. The molecule has 0 unspecified atom stereocenters. The molecule has 5 rings (SSSR count). The van der Waals surface area contributed by atoms with Gasteiger partial charge in [-0.05, 0) is 18.1 Å². The van der Waals surface area contributed by atoms with E-state index in [0.717, 1.165) is 22.5 Å². The maximum absolute atomic E-state index is 14.4. The SMILES string of the molecule is COC(=O)C1=C(C)N(Cc2ccccc2)C2=C3C(=O)N(C)C(=O)[C@@H]3[C@@](O)(C(=O)OC)C(=O)N2[C@@H]1c1ccccc1. The Morgan fingerprint density at radius 3 is 2.12 bits per heavy atom. The second-order valence-corrected chi connectivity index (χ2v) is 9.68. The summed E-state index contributed by atoms with van der Waals surface area (Å²) in [6.45, 7) is 1.74. The Kier molecular flexibility index (Phi) is 6.54. The van der Waals surface area contributed by atoms with Gasteiger partial charge in [-0.25, -0.2) is 9.59 Å². The largest absolute Gasteiger partial charge is 0.466 e. The number of rotatable bonds is 5. The molecule has 0 spiro atoms. The van der Waals surface area contributed by atoms with Crippen LogP contribution in [-0.2, 0) is 40.0 Å². The first-order chi connectivity index (χ1) is 19.1. The predicted molar refractivity (Wildman–Crippen MR) is 138 cm³/mol. The first-order valence-corrected chi connectivity index (χ1v) is 12.5. The Hall–Kier alpha value is -4.77. The predicted octanol–water partition coefficient (Wildman–Crippen LogP) is 1.26. The number of ether oxygens (including phenoxy) is 2. The molecule has 0 aliphatic carbocycles. The highest BCUT2D eigenvalue weighted by Gasteiger charge is 2.69. The Labute approximate surface area is 229 Å². The number of aliphatic hydroxyl groups is 1. The van der Waals surface area contributed by atoms with E-state index < -0.39 is 47.2 Å². The zero-order valence-electron chi connectivity index (χ0n) is 22.3. The molecule has 3 heterocycles. The van der Waals surface area contributed by atoms with Crippen LogP contribution in [0.3, 0.4) is 0 Å². The van der Waals surface area contributed by atoms with Crippen molar-refractivity contribution in [1.82, 2.24) is 14.7 Å². The lowest BCUT2D eigenvalue weighted by Gasteiger charge is -2.51. The highest BCUT2D eigenvalue weighted by Crippen LogP contribution is 2.51. The van der Waals surface area contributed by atoms with Crippen LogP contribution in [0.2, 0.25) is 0 Å². The van der Waals surface area contributed by atoms with E-state index in [1.54, 1.807) is 42.2 Å². The van der Waals surface area contributed by atoms with E-state index in [2.05, 4.69) is 0 Å². The summed E-state index contributed by atoms with van der Waals surface area (Å²) in [6, 6.07) is 16.4. The van der Waals surface area contributed by atoms with Crippen LogP contribution in [0.15, 0.2) is 83.3 Å². The number of carbonyl (C=O) groups excluding carboxylic acids is 5. The second-order valence-electron chi connectivity index (χ2n) is 9.68. The third kappa shape index (κ3) is 3.65. The molecule has 3 atom stereocenters. The highest BCUT2D eigenvalue weighted by molar-refractivity contribution is 6.23. The van der Waals surface area contributed by atoms with Gasteiger partial charge >= 0.3 is 11.9 Å². The Morgan fingerprint density at radius 1 is 0.950 bits per heavy atom. The summed E-state index contributed by atoms with van der Waals surface area (Å²) >= 11 is 0. The number of esters is 2. The van der Waals surface area contributed by atoms with Gasteiger partial charge < -0.3 is 19.5 Å². The second kappa shape index (κ2) is 9.76. The van der Waals surface area contributed by atoms with E-state index in [1.807, 2.05) is 30.3 Å². The molecule has 1 fully saturated rings.